The van der Waals surface area contributed by atoms with Gasteiger partial charge in [0.1, 0.15) is 0 Å². The summed E-state index contributed by atoms with van der Waals surface area (Å²) in [6, 6.07) is 0. The molecule has 1 fully saturated rings. The molecule has 1 aliphatic heterocycles. The maximum Gasteiger partial charge on any atom is 0.00214 e. The van der Waals surface area contributed by atoms with Crippen LogP contribution in [0.3, 0.4) is 0 Å². The van der Waals surface area contributed by atoms with E-state index in [1.54, 1.807) is 0 Å². The molecule has 0 aromatic rings. The molecule has 0 aromatic carbocycles. The van der Waals surface area contributed by atoms with Gasteiger partial charge >= 0.3 is 0 Å². The molecule has 0 saturated carbocycles. The zero-order valence-electron chi connectivity index (χ0n) is 7.26. The predicted molar refractivity (Wildman–Crippen MR) is 49.5 cm³/mol. The molecule has 60 valence electrons. The van der Waals surface area contributed by atoms with E-state index in [4.69, 9.17) is 0 Å². The van der Waals surface area contributed by atoms with Crippen molar-refractivity contribution in [2.75, 3.05) is 5.75 Å². The largest absolute Gasteiger partial charge is 0.159 e. The summed E-state index contributed by atoms with van der Waals surface area (Å²) < 4.78 is 0. The highest BCUT2D eigenvalue weighted by Crippen LogP contribution is 2.33. The Morgan fingerprint density at radius 1 is 1.40 bits per heavy atom. The molecule has 0 nitrogen and oxygen atoms in total. The van der Waals surface area contributed by atoms with Crippen molar-refractivity contribution in [2.45, 2.75) is 38.9 Å². The predicted octanol–water partition coefficient (Wildman–Crippen LogP) is 3.17. The molecule has 1 heterocycles. The molecule has 0 N–H and O–H groups in total. The second-order valence-corrected chi connectivity index (χ2v) is 5.26. The minimum Gasteiger partial charge on any atom is -0.159 e. The Labute approximate surface area is 68.8 Å². The van der Waals surface area contributed by atoms with E-state index in [0.717, 1.165) is 17.1 Å². The monoisotopic (exact) mass is 158 g/mol. The second-order valence-electron chi connectivity index (χ2n) is 3.71. The third-order valence-electron chi connectivity index (χ3n) is 2.47. The molecule has 10 heavy (non-hydrogen) atoms. The van der Waals surface area contributed by atoms with Crippen LogP contribution in [0.2, 0.25) is 0 Å². The summed E-state index contributed by atoms with van der Waals surface area (Å²) in [6.45, 7) is 7.07. The zero-order valence-corrected chi connectivity index (χ0v) is 8.08. The van der Waals surface area contributed by atoms with E-state index in [1.807, 2.05) is 0 Å². The molecule has 0 aliphatic carbocycles. The van der Waals surface area contributed by atoms with Crippen molar-refractivity contribution in [1.82, 2.24) is 0 Å². The lowest BCUT2D eigenvalue weighted by Crippen LogP contribution is -2.19. The fraction of sp³-hybridized carbons (Fsp3) is 1.00. The summed E-state index contributed by atoms with van der Waals surface area (Å²) in [5, 5.41) is 0.918. The quantitative estimate of drug-likeness (QED) is 0.565. The van der Waals surface area contributed by atoms with E-state index in [9.17, 15) is 0 Å². The van der Waals surface area contributed by atoms with Crippen molar-refractivity contribution in [3.8, 4) is 0 Å². The maximum absolute atomic E-state index is 2.36. The first-order valence-electron chi connectivity index (χ1n) is 4.31. The fourth-order valence-electron chi connectivity index (χ4n) is 1.64. The summed E-state index contributed by atoms with van der Waals surface area (Å²) in [5.74, 6) is 3.31. The van der Waals surface area contributed by atoms with Crippen molar-refractivity contribution in [2.24, 2.45) is 11.8 Å². The highest BCUT2D eigenvalue weighted by molar-refractivity contribution is 7.99. The normalized spacial score (nSPS) is 34.8. The van der Waals surface area contributed by atoms with Crippen LogP contribution in [-0.4, -0.2) is 11.0 Å². The number of hydrogen-bond acceptors (Lipinski definition) is 1. The van der Waals surface area contributed by atoms with Crippen LogP contribution in [0.4, 0.5) is 0 Å². The van der Waals surface area contributed by atoms with Gasteiger partial charge in [0.05, 0.1) is 0 Å². The van der Waals surface area contributed by atoms with Crippen LogP contribution >= 0.6 is 11.8 Å². The highest BCUT2D eigenvalue weighted by Gasteiger charge is 2.21. The van der Waals surface area contributed by atoms with Crippen molar-refractivity contribution in [3.63, 3.8) is 0 Å². The topological polar surface area (TPSA) is 0 Å². The van der Waals surface area contributed by atoms with Gasteiger partial charge in [-0.2, -0.15) is 11.8 Å². The SMILES string of the molecule is CC1CC(C(C)C)CCS1. The van der Waals surface area contributed by atoms with Crippen molar-refractivity contribution in [1.29, 1.82) is 0 Å². The summed E-state index contributed by atoms with van der Waals surface area (Å²) in [6.07, 6.45) is 2.90. The fourth-order valence-corrected chi connectivity index (χ4v) is 2.86. The van der Waals surface area contributed by atoms with Gasteiger partial charge in [-0.1, -0.05) is 20.8 Å². The van der Waals surface area contributed by atoms with Gasteiger partial charge in [0.15, 0.2) is 0 Å². The molecule has 2 unspecified atom stereocenters. The van der Waals surface area contributed by atoms with E-state index in [-0.39, 0.29) is 0 Å². The van der Waals surface area contributed by atoms with E-state index < -0.39 is 0 Å². The Balaban J connectivity index is 2.32. The lowest BCUT2D eigenvalue weighted by molar-refractivity contribution is 0.343. The van der Waals surface area contributed by atoms with Gasteiger partial charge in [-0.15, -0.1) is 0 Å². The summed E-state index contributed by atoms with van der Waals surface area (Å²) in [5.41, 5.74) is 0. The van der Waals surface area contributed by atoms with Gasteiger partial charge in [0, 0.05) is 5.25 Å². The minimum absolute atomic E-state index is 0.906. The molecule has 1 saturated heterocycles. The molecule has 0 amide bonds. The molecule has 0 aromatic heterocycles. The van der Waals surface area contributed by atoms with Crippen LogP contribution in [0.1, 0.15) is 33.6 Å². The minimum atomic E-state index is 0.906. The van der Waals surface area contributed by atoms with Gasteiger partial charge in [-0.05, 0) is 30.4 Å². The van der Waals surface area contributed by atoms with Crippen LogP contribution in [0.25, 0.3) is 0 Å². The van der Waals surface area contributed by atoms with E-state index >= 15 is 0 Å². The van der Waals surface area contributed by atoms with E-state index in [1.165, 1.54) is 18.6 Å². The third kappa shape index (κ3) is 2.19. The van der Waals surface area contributed by atoms with Crippen LogP contribution in [0.15, 0.2) is 0 Å². The third-order valence-corrected chi connectivity index (χ3v) is 3.70. The Hall–Kier alpha value is 0.350. The van der Waals surface area contributed by atoms with Gasteiger partial charge < -0.3 is 0 Å². The molecule has 0 radical (unpaired) electrons. The van der Waals surface area contributed by atoms with Gasteiger partial charge in [0.25, 0.3) is 0 Å². The van der Waals surface area contributed by atoms with Gasteiger partial charge in [-0.25, -0.2) is 0 Å². The summed E-state index contributed by atoms with van der Waals surface area (Å²) in [7, 11) is 0. The number of rotatable bonds is 1. The Kier molecular flexibility index (Phi) is 3.09. The molecule has 1 aliphatic rings. The lowest BCUT2D eigenvalue weighted by atomic mass is 9.89. The van der Waals surface area contributed by atoms with Gasteiger partial charge in [-0.3, -0.25) is 0 Å². The van der Waals surface area contributed by atoms with Crippen molar-refractivity contribution in [3.05, 3.63) is 0 Å². The standard InChI is InChI=1S/C9H18S/c1-7(2)9-4-5-10-8(3)6-9/h7-9H,4-6H2,1-3H3. The van der Waals surface area contributed by atoms with Crippen LogP contribution in [0, 0.1) is 11.8 Å². The van der Waals surface area contributed by atoms with Gasteiger partial charge in [0.2, 0.25) is 0 Å². The molecule has 2 atom stereocenters. The van der Waals surface area contributed by atoms with Crippen LogP contribution in [0.5, 0.6) is 0 Å². The first-order valence-corrected chi connectivity index (χ1v) is 5.36. The molecule has 0 bridgehead atoms. The Morgan fingerprint density at radius 3 is 2.50 bits per heavy atom. The molecule has 1 heteroatoms. The Morgan fingerprint density at radius 2 is 2.10 bits per heavy atom. The first-order chi connectivity index (χ1) is 4.70. The van der Waals surface area contributed by atoms with Crippen LogP contribution in [-0.2, 0) is 0 Å². The first kappa shape index (κ1) is 8.45. The average molecular weight is 158 g/mol. The molecule has 0 spiro atoms. The van der Waals surface area contributed by atoms with E-state index in [0.29, 0.717) is 0 Å². The molecular weight excluding hydrogens is 140 g/mol. The zero-order chi connectivity index (χ0) is 7.56. The Bertz CT molecular complexity index is 98.9. The van der Waals surface area contributed by atoms with Crippen molar-refractivity contribution >= 4 is 11.8 Å². The van der Waals surface area contributed by atoms with Crippen molar-refractivity contribution < 1.29 is 0 Å². The summed E-state index contributed by atoms with van der Waals surface area (Å²) >= 11 is 2.14. The summed E-state index contributed by atoms with van der Waals surface area (Å²) in [4.78, 5) is 0. The average Bonchev–Trinajstić information content (AvgIpc) is 1.88. The maximum atomic E-state index is 2.36. The van der Waals surface area contributed by atoms with E-state index in [2.05, 4.69) is 32.5 Å². The lowest BCUT2D eigenvalue weighted by Gasteiger charge is -2.29. The second kappa shape index (κ2) is 3.66. The number of thioether (sulfide) groups is 1. The van der Waals surface area contributed by atoms with Crippen LogP contribution < -0.4 is 0 Å². The molecule has 1 rings (SSSR count). The smallest absolute Gasteiger partial charge is 0.00214 e. The number of hydrogen-bond donors (Lipinski definition) is 0. The highest BCUT2D eigenvalue weighted by atomic mass is 32.2. The molecular formula is C9H18S.